The Hall–Kier alpha value is -3.46. The number of para-hydroxylation sites is 1. The number of halogens is 3. The highest BCUT2D eigenvalue weighted by atomic mass is 32.2. The molecule has 0 unspecified atom stereocenters. The first kappa shape index (κ1) is 23.2. The number of hydrogen-bond acceptors (Lipinski definition) is 5. The minimum atomic E-state index is -2.53. The van der Waals surface area contributed by atoms with E-state index in [-0.39, 0.29) is 23.7 Å². The fourth-order valence-corrected chi connectivity index (χ4v) is 3.13. The van der Waals surface area contributed by atoms with Gasteiger partial charge in [0.05, 0.1) is 0 Å². The van der Waals surface area contributed by atoms with Crippen molar-refractivity contribution < 1.29 is 32.2 Å². The molecule has 1 amide bonds. The van der Waals surface area contributed by atoms with Crippen LogP contribution in [0.3, 0.4) is 0 Å². The number of alkyl halides is 2. The van der Waals surface area contributed by atoms with E-state index in [1.807, 2.05) is 0 Å². The molecule has 0 atom stereocenters. The van der Waals surface area contributed by atoms with E-state index >= 15 is 0 Å². The molecule has 3 aromatic rings. The molecule has 0 radical (unpaired) electrons. The fourth-order valence-electron chi connectivity index (χ4n) is 2.63. The molecule has 0 aliphatic rings. The second-order valence-electron chi connectivity index (χ2n) is 6.44. The zero-order chi connectivity index (χ0) is 22.9. The van der Waals surface area contributed by atoms with Crippen molar-refractivity contribution >= 4 is 29.3 Å². The first-order valence-electron chi connectivity index (χ1n) is 9.39. The maximum Gasteiger partial charge on any atom is 0.342 e. The summed E-state index contributed by atoms with van der Waals surface area (Å²) in [7, 11) is 0. The largest absolute Gasteiger partial charge is 0.488 e. The number of rotatable bonds is 9. The van der Waals surface area contributed by atoms with E-state index < -0.39 is 24.2 Å². The Kier molecular flexibility index (Phi) is 8.15. The van der Waals surface area contributed by atoms with Gasteiger partial charge in [-0.3, -0.25) is 4.79 Å². The maximum atomic E-state index is 13.0. The number of carbonyl (C=O) groups is 2. The van der Waals surface area contributed by atoms with E-state index in [1.165, 1.54) is 42.5 Å². The number of benzene rings is 3. The maximum absolute atomic E-state index is 13.0. The summed E-state index contributed by atoms with van der Waals surface area (Å²) < 4.78 is 48.4. The van der Waals surface area contributed by atoms with Crippen LogP contribution in [0.5, 0.6) is 5.75 Å². The normalized spacial score (nSPS) is 10.6. The summed E-state index contributed by atoms with van der Waals surface area (Å²) in [6.07, 6.45) is 0. The zero-order valence-electron chi connectivity index (χ0n) is 16.6. The van der Waals surface area contributed by atoms with Crippen LogP contribution in [0, 0.1) is 5.82 Å². The van der Waals surface area contributed by atoms with E-state index in [0.717, 1.165) is 0 Å². The number of amides is 1. The number of nitrogens with one attached hydrogen (secondary N) is 1. The lowest BCUT2D eigenvalue weighted by atomic mass is 10.2. The predicted octanol–water partition coefficient (Wildman–Crippen LogP) is 5.51. The fraction of sp³-hybridized carbons (Fsp3) is 0.130. The average Bonchev–Trinajstić information content (AvgIpc) is 2.78. The molecule has 0 aliphatic carbocycles. The van der Waals surface area contributed by atoms with Gasteiger partial charge in [0.1, 0.15) is 23.7 Å². The Morgan fingerprint density at radius 2 is 1.62 bits per heavy atom. The highest BCUT2D eigenvalue weighted by molar-refractivity contribution is 7.99. The lowest BCUT2D eigenvalue weighted by Crippen LogP contribution is -2.21. The number of carbonyl (C=O) groups excluding carboxylic acids is 2. The van der Waals surface area contributed by atoms with Crippen molar-refractivity contribution in [3.63, 3.8) is 0 Å². The predicted molar refractivity (Wildman–Crippen MR) is 114 cm³/mol. The van der Waals surface area contributed by atoms with Gasteiger partial charge < -0.3 is 14.8 Å². The first-order valence-corrected chi connectivity index (χ1v) is 10.3. The zero-order valence-corrected chi connectivity index (χ0v) is 17.4. The molecule has 5 nitrogen and oxygen atoms in total. The molecule has 0 fully saturated rings. The lowest BCUT2D eigenvalue weighted by Gasteiger charge is -2.11. The monoisotopic (exact) mass is 461 g/mol. The summed E-state index contributed by atoms with van der Waals surface area (Å²) in [5.41, 5.74) is 1.23. The first-order chi connectivity index (χ1) is 15.4. The van der Waals surface area contributed by atoms with Gasteiger partial charge in [-0.05, 0) is 54.1 Å². The number of hydrogen-bond donors (Lipinski definition) is 1. The van der Waals surface area contributed by atoms with Crippen LogP contribution >= 0.6 is 11.8 Å². The van der Waals surface area contributed by atoms with Gasteiger partial charge in [0.25, 0.3) is 11.7 Å². The van der Waals surface area contributed by atoms with Gasteiger partial charge in [0.15, 0.2) is 6.61 Å². The molecule has 0 saturated carbocycles. The number of thioether (sulfide) groups is 1. The third kappa shape index (κ3) is 7.05. The van der Waals surface area contributed by atoms with E-state index in [4.69, 9.17) is 9.47 Å². The highest BCUT2D eigenvalue weighted by Gasteiger charge is 2.16. The van der Waals surface area contributed by atoms with Gasteiger partial charge in [0.2, 0.25) is 0 Å². The third-order valence-electron chi connectivity index (χ3n) is 4.11. The lowest BCUT2D eigenvalue weighted by molar-refractivity contribution is -0.119. The quantitative estimate of drug-likeness (QED) is 0.336. The number of ether oxygens (including phenoxy) is 2. The molecule has 0 saturated heterocycles. The van der Waals surface area contributed by atoms with E-state index in [9.17, 15) is 22.8 Å². The molecule has 0 aliphatic heterocycles. The molecule has 32 heavy (non-hydrogen) atoms. The molecule has 3 aromatic carbocycles. The summed E-state index contributed by atoms with van der Waals surface area (Å²) >= 11 is 0.398. The topological polar surface area (TPSA) is 64.6 Å². The SMILES string of the molecule is O=C(COC(=O)c1ccccc1OCc1ccc(F)cc1)Nc1ccc(SC(F)F)cc1. The van der Waals surface area contributed by atoms with Crippen molar-refractivity contribution in [2.45, 2.75) is 17.3 Å². The van der Waals surface area contributed by atoms with Crippen LogP contribution in [0.15, 0.2) is 77.7 Å². The summed E-state index contributed by atoms with van der Waals surface area (Å²) in [4.78, 5) is 24.8. The summed E-state index contributed by atoms with van der Waals surface area (Å²) in [6.45, 7) is -0.427. The van der Waals surface area contributed by atoms with Gasteiger partial charge >= 0.3 is 5.97 Å². The van der Waals surface area contributed by atoms with Gasteiger partial charge in [-0.2, -0.15) is 8.78 Å². The Balaban J connectivity index is 1.53. The summed E-state index contributed by atoms with van der Waals surface area (Å²) in [6, 6.07) is 18.0. The molecular weight excluding hydrogens is 443 g/mol. The van der Waals surface area contributed by atoms with E-state index in [1.54, 1.807) is 30.3 Å². The van der Waals surface area contributed by atoms with Crippen molar-refractivity contribution in [1.29, 1.82) is 0 Å². The Bertz CT molecular complexity index is 1060. The van der Waals surface area contributed by atoms with Crippen LogP contribution in [0.25, 0.3) is 0 Å². The van der Waals surface area contributed by atoms with Gasteiger partial charge in [0, 0.05) is 10.6 Å². The molecular formula is C23H18F3NO4S. The standard InChI is InChI=1S/C23H18F3NO4S/c24-16-7-5-15(6-8-16)13-30-20-4-2-1-3-19(20)22(29)31-14-21(28)27-17-9-11-18(12-10-17)32-23(25)26/h1-12,23H,13-14H2,(H,27,28). The molecule has 0 aromatic heterocycles. The van der Waals surface area contributed by atoms with Crippen LogP contribution < -0.4 is 10.1 Å². The van der Waals surface area contributed by atoms with Crippen LogP contribution in [-0.4, -0.2) is 24.2 Å². The molecule has 3 rings (SSSR count). The van der Waals surface area contributed by atoms with Gasteiger partial charge in [-0.1, -0.05) is 36.0 Å². The van der Waals surface area contributed by atoms with Crippen molar-refractivity contribution in [2.75, 3.05) is 11.9 Å². The minimum absolute atomic E-state index is 0.116. The van der Waals surface area contributed by atoms with E-state index in [0.29, 0.717) is 27.9 Å². The summed E-state index contributed by atoms with van der Waals surface area (Å²) in [5, 5.41) is 2.52. The number of anilines is 1. The van der Waals surface area contributed by atoms with E-state index in [2.05, 4.69) is 5.32 Å². The Labute approximate surface area is 186 Å². The summed E-state index contributed by atoms with van der Waals surface area (Å²) in [5.74, 6) is -3.97. The second kappa shape index (κ2) is 11.2. The van der Waals surface area contributed by atoms with Gasteiger partial charge in [-0.25, -0.2) is 9.18 Å². The minimum Gasteiger partial charge on any atom is -0.488 e. The molecule has 0 heterocycles. The van der Waals surface area contributed by atoms with Crippen LogP contribution in [0.2, 0.25) is 0 Å². The molecule has 1 N–H and O–H groups in total. The average molecular weight is 461 g/mol. The van der Waals surface area contributed by atoms with Crippen molar-refractivity contribution in [3.8, 4) is 5.75 Å². The molecule has 0 spiro atoms. The second-order valence-corrected chi connectivity index (χ2v) is 7.50. The molecule has 9 heteroatoms. The molecule has 0 bridgehead atoms. The van der Waals surface area contributed by atoms with Crippen molar-refractivity contribution in [1.82, 2.24) is 0 Å². The van der Waals surface area contributed by atoms with Crippen LogP contribution in [0.4, 0.5) is 18.9 Å². The van der Waals surface area contributed by atoms with Crippen molar-refractivity contribution in [3.05, 3.63) is 89.7 Å². The number of esters is 1. The highest BCUT2D eigenvalue weighted by Crippen LogP contribution is 2.26. The van der Waals surface area contributed by atoms with Crippen LogP contribution in [-0.2, 0) is 16.1 Å². The molecule has 166 valence electrons. The third-order valence-corrected chi connectivity index (χ3v) is 4.83. The van der Waals surface area contributed by atoms with Crippen LogP contribution in [0.1, 0.15) is 15.9 Å². The Morgan fingerprint density at radius 1 is 0.938 bits per heavy atom. The van der Waals surface area contributed by atoms with Gasteiger partial charge in [-0.15, -0.1) is 0 Å². The smallest absolute Gasteiger partial charge is 0.342 e. The Morgan fingerprint density at radius 3 is 2.31 bits per heavy atom. The van der Waals surface area contributed by atoms with Crippen molar-refractivity contribution in [2.24, 2.45) is 0 Å².